The van der Waals surface area contributed by atoms with Crippen molar-refractivity contribution in [2.45, 2.75) is 65.2 Å². The smallest absolute Gasteiger partial charge is 0.116 e. The summed E-state index contributed by atoms with van der Waals surface area (Å²) < 4.78 is 0. The molecule has 0 aromatic heterocycles. The summed E-state index contributed by atoms with van der Waals surface area (Å²) in [5.41, 5.74) is 0. The molecule has 0 saturated carbocycles. The first kappa shape index (κ1) is 36.8. The minimum absolute atomic E-state index is 0. The molecule has 5 aromatic rings. The van der Waals surface area contributed by atoms with Crippen molar-refractivity contribution in [1.82, 2.24) is 0 Å². The summed E-state index contributed by atoms with van der Waals surface area (Å²) in [6.07, 6.45) is 0.132. The second-order valence-electron chi connectivity index (χ2n) is 12.1. The van der Waals surface area contributed by atoms with Gasteiger partial charge in [0.2, 0.25) is 0 Å². The molecule has 0 heterocycles. The van der Waals surface area contributed by atoms with E-state index < -0.39 is 16.1 Å². The second-order valence-corrected chi connectivity index (χ2v) is 28.2. The fourth-order valence-corrected chi connectivity index (χ4v) is 7.23. The van der Waals surface area contributed by atoms with E-state index in [1.54, 1.807) is 22.5 Å². The number of hydrogen-bond acceptors (Lipinski definition) is 1. The molecular weight excluding hydrogens is 615 g/mol. The normalized spacial score (nSPS) is 11.1. The number of fused-ring (bicyclic) bond motifs is 4. The Hall–Kier alpha value is -1.25. The maximum Gasteiger partial charge on any atom is 0.116 e. The molecule has 0 saturated heterocycles. The van der Waals surface area contributed by atoms with Gasteiger partial charge in [-0.2, -0.15) is 0 Å². The van der Waals surface area contributed by atoms with E-state index >= 15 is 0 Å². The topological polar surface area (TPSA) is 20.2 Å². The van der Waals surface area contributed by atoms with Crippen LogP contribution >= 0.6 is 0 Å². The predicted molar refractivity (Wildman–Crippen MR) is 175 cm³/mol. The number of phenols is 1. The van der Waals surface area contributed by atoms with Crippen molar-refractivity contribution in [1.29, 1.82) is 0 Å². The van der Waals surface area contributed by atoms with Crippen LogP contribution in [0.15, 0.2) is 84.9 Å². The zero-order chi connectivity index (χ0) is 28.1. The quantitative estimate of drug-likeness (QED) is 0.233. The summed E-state index contributed by atoms with van der Waals surface area (Å²) in [6.45, 7) is 19.1. The Kier molecular flexibility index (Phi) is 14.6. The molecule has 0 aliphatic heterocycles. The predicted octanol–water partition coefficient (Wildman–Crippen LogP) is 2.92. The third-order valence-electron chi connectivity index (χ3n) is 7.02. The molecule has 0 spiro atoms. The molecule has 5 rings (SSSR count). The summed E-state index contributed by atoms with van der Waals surface area (Å²) >= 11 is 2.38. The third-order valence-corrected chi connectivity index (χ3v) is 16.1. The number of rotatable bonds is 4. The Balaban J connectivity index is 0.000000354. The van der Waals surface area contributed by atoms with Gasteiger partial charge in [-0.05, 0) is 22.9 Å². The van der Waals surface area contributed by atoms with Gasteiger partial charge in [0.15, 0.2) is 0 Å². The Labute approximate surface area is 268 Å². The minimum atomic E-state index is -1.23. The average Bonchev–Trinajstić information content (AvgIpc) is 3.25. The largest absolute Gasteiger partial charge is 1.00 e. The number of hydrogen-bond donors (Lipinski definition) is 1. The molecule has 7 heteroatoms. The van der Waals surface area contributed by atoms with E-state index in [2.05, 4.69) is 115 Å². The molecule has 0 unspecified atom stereocenters. The van der Waals surface area contributed by atoms with Crippen molar-refractivity contribution in [2.75, 3.05) is 0 Å². The van der Waals surface area contributed by atoms with Crippen LogP contribution in [0.2, 0.25) is 51.4 Å². The van der Waals surface area contributed by atoms with E-state index in [1.165, 1.54) is 33.6 Å². The standard InChI is InChI=1S/C19H25Si2.C10H8O.C4H10Si.2ClH.Ti/c1-20(2,3)16-7-9-18-14(12-16)11-15-13-17(21(4,5)6)8-10-19(15)18;11-10-6-5-8-3-1-2-4-9(8)7-10;1-3-5-4-2;;;/h7-13H,1-6H3;1-7,11H;3-4H2,1-2H3;2*1H;/q-1;;;;;+2/p-2. The van der Waals surface area contributed by atoms with E-state index in [-0.39, 0.29) is 31.0 Å². The van der Waals surface area contributed by atoms with Gasteiger partial charge in [0.1, 0.15) is 5.75 Å². The van der Waals surface area contributed by atoms with Gasteiger partial charge in [0.25, 0.3) is 0 Å². The van der Waals surface area contributed by atoms with Gasteiger partial charge >= 0.3 is 51.3 Å². The van der Waals surface area contributed by atoms with E-state index in [4.69, 9.17) is 5.11 Å². The van der Waals surface area contributed by atoms with Gasteiger partial charge in [-0.15, -0.1) is 39.7 Å². The fourth-order valence-electron chi connectivity index (χ4n) is 4.38. The Bertz CT molecular complexity index is 1470. The van der Waals surface area contributed by atoms with Crippen molar-refractivity contribution in [3.8, 4) is 5.75 Å². The zero-order valence-corrected chi connectivity index (χ0v) is 31.3. The molecule has 1 N–H and O–H groups in total. The van der Waals surface area contributed by atoms with Crippen molar-refractivity contribution in [3.63, 3.8) is 0 Å². The van der Waals surface area contributed by atoms with Gasteiger partial charge < -0.3 is 29.9 Å². The maximum atomic E-state index is 9.13. The summed E-state index contributed by atoms with van der Waals surface area (Å²) in [4.78, 5) is 0. The molecule has 0 atom stereocenters. The molecular formula is C33H43Cl2OSi3Ti-. The van der Waals surface area contributed by atoms with Crippen LogP contribution in [-0.4, -0.2) is 27.4 Å². The number of aromatic hydroxyl groups is 1. The molecule has 212 valence electrons. The van der Waals surface area contributed by atoms with Crippen LogP contribution in [0.5, 0.6) is 5.75 Å². The average molecular weight is 659 g/mol. The Morgan fingerprint density at radius 1 is 0.650 bits per heavy atom. The molecule has 0 radical (unpaired) electrons. The van der Waals surface area contributed by atoms with Crippen molar-refractivity contribution >= 4 is 65.0 Å². The molecule has 0 aliphatic rings. The van der Waals surface area contributed by atoms with Gasteiger partial charge in [0.05, 0.1) is 16.1 Å². The van der Waals surface area contributed by atoms with Gasteiger partial charge in [-0.1, -0.05) is 104 Å². The van der Waals surface area contributed by atoms with E-state index in [0.717, 1.165) is 10.8 Å². The minimum Gasteiger partial charge on any atom is -1.00 e. The third kappa shape index (κ3) is 9.94. The van der Waals surface area contributed by atoms with Gasteiger partial charge in [-0.3, -0.25) is 0 Å². The summed E-state index contributed by atoms with van der Waals surface area (Å²) in [6, 6.07) is 32.8. The Morgan fingerprint density at radius 2 is 1.10 bits per heavy atom. The number of benzene rings is 4. The first-order valence-electron chi connectivity index (χ1n) is 13.7. The molecule has 5 aromatic carbocycles. The fraction of sp³-hybridized carbons (Fsp3) is 0.303. The number of phenolic OH excluding ortho intramolecular Hbond substituents is 1. The van der Waals surface area contributed by atoms with Crippen LogP contribution in [0.3, 0.4) is 0 Å². The number of halogens is 2. The van der Waals surface area contributed by atoms with Crippen LogP contribution in [0, 0.1) is 0 Å². The van der Waals surface area contributed by atoms with E-state index in [1.807, 2.05) is 30.3 Å². The van der Waals surface area contributed by atoms with Crippen LogP contribution in [0.4, 0.5) is 0 Å². The van der Waals surface area contributed by atoms with Crippen LogP contribution in [-0.2, 0) is 19.2 Å². The van der Waals surface area contributed by atoms with Crippen molar-refractivity contribution in [2.24, 2.45) is 0 Å². The molecule has 40 heavy (non-hydrogen) atoms. The molecule has 0 fully saturated rings. The monoisotopic (exact) mass is 657 g/mol. The molecule has 0 bridgehead atoms. The SMILES string of the molecule is CC[Si](=[Ti+2])CC.C[Si](C)(C)c1ccc2c(c1)[cH-]c1cc([Si](C)(C)C)ccc12.Oc1ccc2ccccc2c1.[Cl-].[Cl-]. The van der Waals surface area contributed by atoms with E-state index in [9.17, 15) is 0 Å². The molecule has 1 nitrogen and oxygen atoms in total. The van der Waals surface area contributed by atoms with Crippen LogP contribution in [0.25, 0.3) is 32.3 Å². The van der Waals surface area contributed by atoms with Gasteiger partial charge in [-0.25, -0.2) is 0 Å². The van der Waals surface area contributed by atoms with Crippen LogP contribution < -0.4 is 35.2 Å². The second kappa shape index (κ2) is 15.8. The molecule has 0 aliphatic carbocycles. The van der Waals surface area contributed by atoms with Crippen LogP contribution in [0.1, 0.15) is 13.8 Å². The Morgan fingerprint density at radius 3 is 1.50 bits per heavy atom. The van der Waals surface area contributed by atoms with Gasteiger partial charge in [0, 0.05) is 0 Å². The summed E-state index contributed by atoms with van der Waals surface area (Å²) in [5.74, 6) is 0.323. The first-order valence-corrected chi connectivity index (χ1v) is 25.0. The zero-order valence-electron chi connectivity index (χ0n) is 25.2. The summed E-state index contributed by atoms with van der Waals surface area (Å²) in [5, 5.41) is 20.1. The van der Waals surface area contributed by atoms with Crippen molar-refractivity contribution < 1.29 is 49.1 Å². The first-order chi connectivity index (χ1) is 17.8. The van der Waals surface area contributed by atoms with Crippen molar-refractivity contribution in [3.05, 3.63) is 84.9 Å². The van der Waals surface area contributed by atoms with E-state index in [0.29, 0.717) is 5.75 Å². The maximum absolute atomic E-state index is 9.13. The molecule has 0 amide bonds. The summed E-state index contributed by atoms with van der Waals surface area (Å²) in [7, 11) is -2.47.